The molecule has 0 saturated carbocycles. The van der Waals surface area contributed by atoms with Crippen LogP contribution in [-0.4, -0.2) is 66.5 Å². The predicted octanol–water partition coefficient (Wildman–Crippen LogP) is 0.685. The van der Waals surface area contributed by atoms with E-state index in [9.17, 15) is 4.79 Å². The van der Waals surface area contributed by atoms with Gasteiger partial charge in [0.15, 0.2) is 0 Å². The number of hydrogen-bond donors (Lipinski definition) is 1. The molecule has 21 heavy (non-hydrogen) atoms. The molecule has 1 saturated heterocycles. The number of rotatable bonds is 5. The summed E-state index contributed by atoms with van der Waals surface area (Å²) in [5, 5.41) is 3.02. The number of amides is 1. The van der Waals surface area contributed by atoms with Crippen LogP contribution in [0.1, 0.15) is 18.3 Å². The van der Waals surface area contributed by atoms with Crippen LogP contribution in [0, 0.1) is 6.92 Å². The van der Waals surface area contributed by atoms with Crippen molar-refractivity contribution < 1.29 is 4.79 Å². The molecule has 1 aliphatic rings. The second kappa shape index (κ2) is 7.52. The SMILES string of the molecule is Cc1cccc(CCNC(=O)C(C)N2CCN(C)CC2)n1. The Morgan fingerprint density at radius 3 is 2.71 bits per heavy atom. The summed E-state index contributed by atoms with van der Waals surface area (Å²) in [6.45, 7) is 8.61. The smallest absolute Gasteiger partial charge is 0.237 e. The van der Waals surface area contributed by atoms with Crippen molar-refractivity contribution >= 4 is 5.91 Å². The van der Waals surface area contributed by atoms with Gasteiger partial charge in [0.25, 0.3) is 0 Å². The zero-order valence-corrected chi connectivity index (χ0v) is 13.3. The van der Waals surface area contributed by atoms with Gasteiger partial charge >= 0.3 is 0 Å². The van der Waals surface area contributed by atoms with Crippen LogP contribution in [0.2, 0.25) is 0 Å². The Morgan fingerprint density at radius 1 is 1.33 bits per heavy atom. The summed E-state index contributed by atoms with van der Waals surface area (Å²) in [5.41, 5.74) is 2.05. The number of nitrogens with one attached hydrogen (secondary N) is 1. The maximum Gasteiger partial charge on any atom is 0.237 e. The number of hydrogen-bond acceptors (Lipinski definition) is 4. The molecule has 1 aliphatic heterocycles. The molecule has 2 heterocycles. The van der Waals surface area contributed by atoms with Crippen molar-refractivity contribution in [3.05, 3.63) is 29.6 Å². The highest BCUT2D eigenvalue weighted by molar-refractivity contribution is 5.81. The van der Waals surface area contributed by atoms with Crippen molar-refractivity contribution in [3.63, 3.8) is 0 Å². The molecule has 1 aromatic heterocycles. The first-order chi connectivity index (χ1) is 10.1. The van der Waals surface area contributed by atoms with Gasteiger partial charge in [0.2, 0.25) is 5.91 Å². The highest BCUT2D eigenvalue weighted by atomic mass is 16.2. The van der Waals surface area contributed by atoms with Crippen molar-refractivity contribution in [1.29, 1.82) is 0 Å². The fourth-order valence-electron chi connectivity index (χ4n) is 2.58. The summed E-state index contributed by atoms with van der Waals surface area (Å²) in [4.78, 5) is 21.2. The molecule has 0 bridgehead atoms. The van der Waals surface area contributed by atoms with E-state index in [-0.39, 0.29) is 11.9 Å². The quantitative estimate of drug-likeness (QED) is 0.866. The highest BCUT2D eigenvalue weighted by Gasteiger charge is 2.23. The van der Waals surface area contributed by atoms with Crippen LogP contribution in [-0.2, 0) is 11.2 Å². The average Bonchev–Trinajstić information content (AvgIpc) is 2.47. The molecular formula is C16H26N4O. The number of nitrogens with zero attached hydrogens (tertiary/aromatic N) is 3. The molecule has 116 valence electrons. The van der Waals surface area contributed by atoms with Crippen LogP contribution in [0.3, 0.4) is 0 Å². The molecule has 1 aromatic rings. The second-order valence-electron chi connectivity index (χ2n) is 5.83. The Kier molecular flexibility index (Phi) is 5.70. The van der Waals surface area contributed by atoms with E-state index in [0.29, 0.717) is 6.54 Å². The van der Waals surface area contributed by atoms with Crippen molar-refractivity contribution in [2.24, 2.45) is 0 Å². The molecule has 5 nitrogen and oxygen atoms in total. The first-order valence-electron chi connectivity index (χ1n) is 7.69. The van der Waals surface area contributed by atoms with E-state index in [4.69, 9.17) is 0 Å². The Hall–Kier alpha value is -1.46. The van der Waals surface area contributed by atoms with Crippen LogP contribution in [0.4, 0.5) is 0 Å². The van der Waals surface area contributed by atoms with Gasteiger partial charge in [-0.15, -0.1) is 0 Å². The van der Waals surface area contributed by atoms with E-state index in [1.165, 1.54) is 0 Å². The molecule has 5 heteroatoms. The Bertz CT molecular complexity index is 469. The molecule has 0 radical (unpaired) electrons. The van der Waals surface area contributed by atoms with Gasteiger partial charge in [0.1, 0.15) is 0 Å². The largest absolute Gasteiger partial charge is 0.354 e. The van der Waals surface area contributed by atoms with Gasteiger partial charge in [0.05, 0.1) is 6.04 Å². The maximum absolute atomic E-state index is 12.2. The van der Waals surface area contributed by atoms with Gasteiger partial charge in [-0.25, -0.2) is 0 Å². The van der Waals surface area contributed by atoms with Gasteiger partial charge in [-0.1, -0.05) is 6.07 Å². The number of carbonyl (C=O) groups is 1. The van der Waals surface area contributed by atoms with Gasteiger partial charge in [-0.05, 0) is 33.0 Å². The van der Waals surface area contributed by atoms with E-state index in [1.807, 2.05) is 32.0 Å². The average molecular weight is 290 g/mol. The Morgan fingerprint density at radius 2 is 2.05 bits per heavy atom. The molecule has 1 atom stereocenters. The number of likely N-dealkylation sites (N-methyl/N-ethyl adjacent to an activating group) is 1. The Labute approximate surface area is 127 Å². The lowest BCUT2D eigenvalue weighted by Crippen LogP contribution is -2.53. The topological polar surface area (TPSA) is 48.5 Å². The molecule has 0 aromatic carbocycles. The van der Waals surface area contributed by atoms with E-state index < -0.39 is 0 Å². The van der Waals surface area contributed by atoms with Crippen LogP contribution in [0.5, 0.6) is 0 Å². The van der Waals surface area contributed by atoms with Crippen LogP contribution in [0.15, 0.2) is 18.2 Å². The third kappa shape index (κ3) is 4.79. The highest BCUT2D eigenvalue weighted by Crippen LogP contribution is 2.05. The molecule has 0 aliphatic carbocycles. The summed E-state index contributed by atoms with van der Waals surface area (Å²) >= 11 is 0. The van der Waals surface area contributed by atoms with Gasteiger partial charge < -0.3 is 10.2 Å². The standard InChI is InChI=1S/C16H26N4O/c1-13-5-4-6-15(18-13)7-8-17-16(21)14(2)20-11-9-19(3)10-12-20/h4-6,14H,7-12H2,1-3H3,(H,17,21). The van der Waals surface area contributed by atoms with E-state index >= 15 is 0 Å². The molecule has 2 rings (SSSR count). The van der Waals surface area contributed by atoms with Crippen LogP contribution >= 0.6 is 0 Å². The lowest BCUT2D eigenvalue weighted by atomic mass is 10.2. The van der Waals surface area contributed by atoms with E-state index in [1.54, 1.807) is 0 Å². The number of aryl methyl sites for hydroxylation is 1. The van der Waals surface area contributed by atoms with Crippen molar-refractivity contribution in [2.45, 2.75) is 26.3 Å². The maximum atomic E-state index is 12.2. The molecule has 1 fully saturated rings. The molecule has 0 spiro atoms. The lowest BCUT2D eigenvalue weighted by molar-refractivity contribution is -0.126. The fourth-order valence-corrected chi connectivity index (χ4v) is 2.58. The minimum absolute atomic E-state index is 0.0517. The summed E-state index contributed by atoms with van der Waals surface area (Å²) in [7, 11) is 2.12. The predicted molar refractivity (Wildman–Crippen MR) is 84.2 cm³/mol. The molecule has 1 amide bonds. The first-order valence-corrected chi connectivity index (χ1v) is 7.69. The first kappa shape index (κ1) is 15.9. The fraction of sp³-hybridized carbons (Fsp3) is 0.625. The number of carbonyl (C=O) groups excluding carboxylic acids is 1. The van der Waals surface area contributed by atoms with Crippen LogP contribution in [0.25, 0.3) is 0 Å². The number of piperazine rings is 1. The van der Waals surface area contributed by atoms with Crippen molar-refractivity contribution in [3.8, 4) is 0 Å². The number of pyridine rings is 1. The van der Waals surface area contributed by atoms with Gasteiger partial charge in [-0.2, -0.15) is 0 Å². The van der Waals surface area contributed by atoms with Crippen molar-refractivity contribution in [2.75, 3.05) is 39.8 Å². The van der Waals surface area contributed by atoms with Gasteiger partial charge in [0, 0.05) is 50.5 Å². The minimum Gasteiger partial charge on any atom is -0.354 e. The summed E-state index contributed by atoms with van der Waals surface area (Å²) < 4.78 is 0. The zero-order chi connectivity index (χ0) is 15.2. The third-order valence-corrected chi connectivity index (χ3v) is 4.09. The monoisotopic (exact) mass is 290 g/mol. The summed E-state index contributed by atoms with van der Waals surface area (Å²) in [6, 6.07) is 5.94. The molecule has 1 unspecified atom stereocenters. The van der Waals surface area contributed by atoms with E-state index in [2.05, 4.69) is 27.1 Å². The normalized spacial score (nSPS) is 18.4. The second-order valence-corrected chi connectivity index (χ2v) is 5.83. The van der Waals surface area contributed by atoms with Gasteiger partial charge in [-0.3, -0.25) is 14.7 Å². The minimum atomic E-state index is -0.0517. The summed E-state index contributed by atoms with van der Waals surface area (Å²) in [6.07, 6.45) is 0.781. The van der Waals surface area contributed by atoms with Crippen molar-refractivity contribution in [1.82, 2.24) is 20.1 Å². The molecular weight excluding hydrogens is 264 g/mol. The van der Waals surface area contributed by atoms with Crippen LogP contribution < -0.4 is 5.32 Å². The summed E-state index contributed by atoms with van der Waals surface area (Å²) in [5.74, 6) is 0.118. The third-order valence-electron chi connectivity index (χ3n) is 4.09. The molecule has 1 N–H and O–H groups in total. The number of aromatic nitrogens is 1. The van der Waals surface area contributed by atoms with E-state index in [0.717, 1.165) is 44.0 Å². The lowest BCUT2D eigenvalue weighted by Gasteiger charge is -2.35. The Balaban J connectivity index is 1.74. The zero-order valence-electron chi connectivity index (χ0n) is 13.3.